The Hall–Kier alpha value is -1.63. The second-order valence-electron chi connectivity index (χ2n) is 5.10. The summed E-state index contributed by atoms with van der Waals surface area (Å²) in [7, 11) is -3.77. The number of aromatic nitrogens is 2. The van der Waals surface area contributed by atoms with Gasteiger partial charge >= 0.3 is 0 Å². The second-order valence-corrected chi connectivity index (χ2v) is 9.26. The SMILES string of the molecule is CCNS(=O)(=O)c1scc(Nc2nsnc2Nc2cccc(Cl)c2Cl)c1O. The number of sulfonamides is 1. The number of benzene rings is 1. The molecule has 2 heterocycles. The number of halogens is 2. The zero-order valence-electron chi connectivity index (χ0n) is 13.7. The smallest absolute Gasteiger partial charge is 0.253 e. The first-order chi connectivity index (χ1) is 12.8. The van der Waals surface area contributed by atoms with Gasteiger partial charge in [0.1, 0.15) is 0 Å². The quantitative estimate of drug-likeness (QED) is 0.408. The van der Waals surface area contributed by atoms with E-state index in [-0.39, 0.29) is 22.2 Å². The van der Waals surface area contributed by atoms with Crippen molar-refractivity contribution in [2.24, 2.45) is 0 Å². The van der Waals surface area contributed by atoms with E-state index in [1.807, 2.05) is 0 Å². The van der Waals surface area contributed by atoms with Crippen LogP contribution in [0.3, 0.4) is 0 Å². The van der Waals surface area contributed by atoms with Gasteiger partial charge in [0.15, 0.2) is 21.6 Å². The molecule has 2 aromatic heterocycles. The summed E-state index contributed by atoms with van der Waals surface area (Å²) in [5.74, 6) is 0.267. The molecule has 8 nitrogen and oxygen atoms in total. The summed E-state index contributed by atoms with van der Waals surface area (Å²) in [5.41, 5.74) is 0.731. The minimum Gasteiger partial charge on any atom is -0.504 e. The van der Waals surface area contributed by atoms with E-state index in [1.165, 1.54) is 5.38 Å². The van der Waals surface area contributed by atoms with Gasteiger partial charge in [0.25, 0.3) is 10.0 Å². The molecule has 0 spiro atoms. The molecule has 0 amide bonds. The van der Waals surface area contributed by atoms with Gasteiger partial charge in [-0.05, 0) is 12.1 Å². The summed E-state index contributed by atoms with van der Waals surface area (Å²) in [6.45, 7) is 1.87. The fraction of sp³-hybridized carbons (Fsp3) is 0.143. The van der Waals surface area contributed by atoms with Crippen LogP contribution in [0.5, 0.6) is 5.75 Å². The second kappa shape index (κ2) is 8.17. The van der Waals surface area contributed by atoms with Gasteiger partial charge in [-0.25, -0.2) is 13.1 Å². The molecule has 0 saturated heterocycles. The average molecular weight is 466 g/mol. The normalized spacial score (nSPS) is 11.5. The summed E-state index contributed by atoms with van der Waals surface area (Å²) < 4.78 is 34.6. The average Bonchev–Trinajstić information content (AvgIpc) is 3.20. The number of thiophene rings is 1. The molecule has 0 aliphatic rings. The van der Waals surface area contributed by atoms with Crippen molar-refractivity contribution in [3.05, 3.63) is 33.6 Å². The first-order valence-electron chi connectivity index (χ1n) is 7.44. The molecular weight excluding hydrogens is 453 g/mol. The maximum absolute atomic E-state index is 12.1. The van der Waals surface area contributed by atoms with Crippen LogP contribution in [0.25, 0.3) is 0 Å². The van der Waals surface area contributed by atoms with Crippen LogP contribution in [0.2, 0.25) is 10.0 Å². The topological polar surface area (TPSA) is 116 Å². The van der Waals surface area contributed by atoms with Gasteiger partial charge in [-0.15, -0.1) is 11.3 Å². The van der Waals surface area contributed by atoms with Crippen LogP contribution in [-0.2, 0) is 10.0 Å². The van der Waals surface area contributed by atoms with Crippen LogP contribution in [0.15, 0.2) is 27.8 Å². The Morgan fingerprint density at radius 3 is 2.48 bits per heavy atom. The van der Waals surface area contributed by atoms with E-state index < -0.39 is 10.0 Å². The number of nitrogens with zero attached hydrogens (tertiary/aromatic N) is 2. The molecule has 0 radical (unpaired) electrons. The first kappa shape index (κ1) is 20.1. The highest BCUT2D eigenvalue weighted by atomic mass is 35.5. The van der Waals surface area contributed by atoms with Crippen LogP contribution >= 0.6 is 46.3 Å². The molecule has 3 aromatic rings. The van der Waals surface area contributed by atoms with E-state index in [1.54, 1.807) is 25.1 Å². The summed E-state index contributed by atoms with van der Waals surface area (Å²) in [4.78, 5) is 0. The minimum absolute atomic E-state index is 0.178. The summed E-state index contributed by atoms with van der Waals surface area (Å²) in [6.07, 6.45) is 0. The maximum atomic E-state index is 12.1. The van der Waals surface area contributed by atoms with E-state index in [0.29, 0.717) is 27.4 Å². The van der Waals surface area contributed by atoms with Gasteiger partial charge in [-0.2, -0.15) is 8.75 Å². The third-order valence-corrected chi connectivity index (χ3v) is 7.66. The third kappa shape index (κ3) is 4.28. The van der Waals surface area contributed by atoms with Crippen molar-refractivity contribution < 1.29 is 13.5 Å². The molecule has 0 saturated carbocycles. The van der Waals surface area contributed by atoms with Crippen molar-refractivity contribution in [2.75, 3.05) is 17.2 Å². The van der Waals surface area contributed by atoms with Crippen LogP contribution in [0, 0.1) is 0 Å². The van der Waals surface area contributed by atoms with Crippen molar-refractivity contribution >= 4 is 79.3 Å². The number of aromatic hydroxyl groups is 1. The van der Waals surface area contributed by atoms with Gasteiger partial charge in [0.2, 0.25) is 0 Å². The lowest BCUT2D eigenvalue weighted by molar-refractivity contribution is 0.465. The van der Waals surface area contributed by atoms with Gasteiger partial charge < -0.3 is 15.7 Å². The summed E-state index contributed by atoms with van der Waals surface area (Å²) >= 11 is 14.0. The molecule has 1 aromatic carbocycles. The zero-order valence-corrected chi connectivity index (χ0v) is 17.6. The predicted octanol–water partition coefficient (Wildman–Crippen LogP) is 4.40. The molecular formula is C14H13Cl2N5O3S3. The Kier molecular flexibility index (Phi) is 6.08. The Morgan fingerprint density at radius 1 is 1.15 bits per heavy atom. The fourth-order valence-corrected chi connectivity index (χ4v) is 5.21. The maximum Gasteiger partial charge on any atom is 0.253 e. The number of hydrogen-bond acceptors (Lipinski definition) is 9. The third-order valence-electron chi connectivity index (χ3n) is 3.26. The minimum atomic E-state index is -3.77. The van der Waals surface area contributed by atoms with E-state index in [0.717, 1.165) is 23.1 Å². The number of nitrogens with one attached hydrogen (secondary N) is 3. The Labute approximate surface area is 173 Å². The molecule has 27 heavy (non-hydrogen) atoms. The highest BCUT2D eigenvalue weighted by Gasteiger charge is 2.24. The summed E-state index contributed by atoms with van der Waals surface area (Å²) in [6, 6.07) is 5.11. The summed E-state index contributed by atoms with van der Waals surface area (Å²) in [5, 5.41) is 18.4. The van der Waals surface area contributed by atoms with Crippen molar-refractivity contribution in [1.29, 1.82) is 0 Å². The Balaban J connectivity index is 1.86. The molecule has 0 unspecified atom stereocenters. The number of hydrogen-bond donors (Lipinski definition) is 4. The lowest BCUT2D eigenvalue weighted by atomic mass is 10.3. The van der Waals surface area contributed by atoms with Crippen molar-refractivity contribution in [2.45, 2.75) is 11.1 Å². The van der Waals surface area contributed by atoms with Gasteiger partial charge in [0.05, 0.1) is 33.1 Å². The number of anilines is 4. The molecule has 144 valence electrons. The lowest BCUT2D eigenvalue weighted by Crippen LogP contribution is -2.22. The van der Waals surface area contributed by atoms with Crippen molar-refractivity contribution in [1.82, 2.24) is 13.5 Å². The van der Waals surface area contributed by atoms with Crippen molar-refractivity contribution in [3.63, 3.8) is 0 Å². The van der Waals surface area contributed by atoms with Crippen molar-refractivity contribution in [3.8, 4) is 5.75 Å². The molecule has 0 aliphatic carbocycles. The molecule has 0 aliphatic heterocycles. The van der Waals surface area contributed by atoms with Gasteiger partial charge in [0, 0.05) is 11.9 Å². The van der Waals surface area contributed by atoms with Gasteiger partial charge in [-0.1, -0.05) is 36.2 Å². The molecule has 4 N–H and O–H groups in total. The van der Waals surface area contributed by atoms with E-state index in [4.69, 9.17) is 23.2 Å². The standard InChI is InChI=1S/C14H13Cl2N5O3S3/c1-2-17-27(23,24)14-11(22)9(6-25-14)19-13-12(20-26-21-13)18-8-5-3-4-7(15)10(8)16/h3-6,17,22H,2H2,1H3,(H,18,20)(H,19,21). The highest BCUT2D eigenvalue weighted by molar-refractivity contribution is 7.91. The van der Waals surface area contributed by atoms with E-state index in [9.17, 15) is 13.5 Å². The van der Waals surface area contributed by atoms with Crippen LogP contribution in [-0.4, -0.2) is 28.8 Å². The van der Waals surface area contributed by atoms with E-state index >= 15 is 0 Å². The molecule has 0 atom stereocenters. The Morgan fingerprint density at radius 2 is 1.81 bits per heavy atom. The fourth-order valence-electron chi connectivity index (χ4n) is 2.08. The first-order valence-corrected chi connectivity index (χ1v) is 11.3. The van der Waals surface area contributed by atoms with E-state index in [2.05, 4.69) is 24.1 Å². The van der Waals surface area contributed by atoms with Crippen LogP contribution in [0.4, 0.5) is 23.0 Å². The molecule has 0 bridgehead atoms. The highest BCUT2D eigenvalue weighted by Crippen LogP contribution is 2.40. The predicted molar refractivity (Wildman–Crippen MR) is 110 cm³/mol. The van der Waals surface area contributed by atoms with Gasteiger partial charge in [-0.3, -0.25) is 0 Å². The largest absolute Gasteiger partial charge is 0.504 e. The lowest BCUT2D eigenvalue weighted by Gasteiger charge is -2.09. The molecule has 3 rings (SSSR count). The molecule has 13 heteroatoms. The number of rotatable bonds is 7. The Bertz CT molecular complexity index is 1070. The zero-order chi connectivity index (χ0) is 19.6. The van der Waals surface area contributed by atoms with Crippen LogP contribution < -0.4 is 15.4 Å². The molecule has 0 fully saturated rings. The monoisotopic (exact) mass is 465 g/mol. The van der Waals surface area contributed by atoms with Crippen LogP contribution in [0.1, 0.15) is 6.92 Å².